The van der Waals surface area contributed by atoms with Crippen LogP contribution >= 0.6 is 11.6 Å². The molecular weight excluding hydrogens is 425 g/mol. The van der Waals surface area contributed by atoms with Gasteiger partial charge in [0.05, 0.1) is 27.6 Å². The Hall–Kier alpha value is -2.72. The van der Waals surface area contributed by atoms with Crippen LogP contribution in [-0.4, -0.2) is 31.5 Å². The molecule has 156 valence electrons. The quantitative estimate of drug-likeness (QED) is 0.515. The van der Waals surface area contributed by atoms with Crippen molar-refractivity contribution < 1.29 is 22.5 Å². The van der Waals surface area contributed by atoms with E-state index in [-0.39, 0.29) is 28.5 Å². The lowest BCUT2D eigenvalue weighted by atomic mass is 10.1. The van der Waals surface area contributed by atoms with E-state index in [2.05, 4.69) is 5.32 Å². The number of sulfonamides is 1. The first-order valence-corrected chi connectivity index (χ1v) is 10.7. The van der Waals surface area contributed by atoms with Crippen molar-refractivity contribution >= 4 is 44.6 Å². The highest BCUT2D eigenvalue weighted by Crippen LogP contribution is 2.28. The fourth-order valence-corrected chi connectivity index (χ4v) is 4.14. The molecule has 2 aromatic carbocycles. The number of nitro groups is 1. The van der Waals surface area contributed by atoms with Gasteiger partial charge in [-0.2, -0.15) is 0 Å². The third-order valence-electron chi connectivity index (χ3n) is 4.18. The van der Waals surface area contributed by atoms with Gasteiger partial charge in [0.15, 0.2) is 0 Å². The minimum Gasteiger partial charge on any atom is -0.324 e. The van der Waals surface area contributed by atoms with Crippen LogP contribution in [0.15, 0.2) is 36.4 Å². The van der Waals surface area contributed by atoms with Gasteiger partial charge in [0.25, 0.3) is 5.69 Å². The molecule has 0 aromatic heterocycles. The average molecular weight is 444 g/mol. The predicted molar refractivity (Wildman–Crippen MR) is 109 cm³/mol. The number of rotatable bonds is 7. The van der Waals surface area contributed by atoms with Crippen LogP contribution in [0.25, 0.3) is 0 Å². The van der Waals surface area contributed by atoms with Gasteiger partial charge in [-0.15, -0.1) is 0 Å². The number of halogens is 2. The molecule has 0 fully saturated rings. The molecule has 1 N–H and O–H groups in total. The summed E-state index contributed by atoms with van der Waals surface area (Å²) in [6.07, 6.45) is 1.00. The standard InChI is InChI=1S/C18H19ClFN3O5S/c1-4-17(18(24)21-16-10-13(23(25)26)6-5-11(16)2)22(29(3,27)28)12-7-8-15(20)14(19)9-12/h5-10,17H,4H2,1-3H3,(H,21,24). The molecule has 0 aliphatic rings. The number of nitrogens with one attached hydrogen (secondary N) is 1. The van der Waals surface area contributed by atoms with Crippen LogP contribution in [0.3, 0.4) is 0 Å². The number of nitro benzene ring substituents is 1. The number of anilines is 2. The van der Waals surface area contributed by atoms with Crippen LogP contribution in [-0.2, 0) is 14.8 Å². The predicted octanol–water partition coefficient (Wildman–Crippen LogP) is 3.88. The fraction of sp³-hybridized carbons (Fsp3) is 0.278. The molecule has 1 amide bonds. The van der Waals surface area contributed by atoms with E-state index in [0.717, 1.165) is 22.7 Å². The van der Waals surface area contributed by atoms with E-state index in [1.165, 1.54) is 24.3 Å². The lowest BCUT2D eigenvalue weighted by Crippen LogP contribution is -2.47. The van der Waals surface area contributed by atoms with E-state index in [9.17, 15) is 27.7 Å². The van der Waals surface area contributed by atoms with Gasteiger partial charge in [-0.25, -0.2) is 12.8 Å². The van der Waals surface area contributed by atoms with Crippen LogP contribution in [0.4, 0.5) is 21.5 Å². The van der Waals surface area contributed by atoms with E-state index >= 15 is 0 Å². The molecule has 0 heterocycles. The van der Waals surface area contributed by atoms with Gasteiger partial charge < -0.3 is 5.32 Å². The average Bonchev–Trinajstić information content (AvgIpc) is 2.62. The van der Waals surface area contributed by atoms with Crippen LogP contribution < -0.4 is 9.62 Å². The van der Waals surface area contributed by atoms with Crippen molar-refractivity contribution in [1.29, 1.82) is 0 Å². The van der Waals surface area contributed by atoms with E-state index in [1.54, 1.807) is 13.8 Å². The second-order valence-electron chi connectivity index (χ2n) is 6.33. The molecule has 0 aliphatic carbocycles. The monoisotopic (exact) mass is 443 g/mol. The van der Waals surface area contributed by atoms with Crippen molar-refractivity contribution in [3.8, 4) is 0 Å². The SMILES string of the molecule is CCC(C(=O)Nc1cc([N+](=O)[O-])ccc1C)N(c1ccc(F)c(Cl)c1)S(C)(=O)=O. The van der Waals surface area contributed by atoms with Crippen molar-refractivity contribution in [2.24, 2.45) is 0 Å². The Kier molecular flexibility index (Phi) is 6.81. The third-order valence-corrected chi connectivity index (χ3v) is 5.65. The molecule has 0 radical (unpaired) electrons. The summed E-state index contributed by atoms with van der Waals surface area (Å²) in [5.41, 5.74) is 0.559. The highest BCUT2D eigenvalue weighted by atomic mass is 35.5. The number of amides is 1. The van der Waals surface area contributed by atoms with Crippen molar-refractivity contribution in [3.05, 3.63) is 62.9 Å². The second kappa shape index (κ2) is 8.75. The maximum atomic E-state index is 13.5. The van der Waals surface area contributed by atoms with E-state index < -0.39 is 32.7 Å². The van der Waals surface area contributed by atoms with Gasteiger partial charge in [0.2, 0.25) is 15.9 Å². The zero-order chi connectivity index (χ0) is 21.9. The summed E-state index contributed by atoms with van der Waals surface area (Å²) < 4.78 is 39.2. The first-order chi connectivity index (χ1) is 13.5. The molecule has 0 bridgehead atoms. The Morgan fingerprint density at radius 3 is 2.48 bits per heavy atom. The van der Waals surface area contributed by atoms with Crippen molar-refractivity contribution in [3.63, 3.8) is 0 Å². The summed E-state index contributed by atoms with van der Waals surface area (Å²) in [5.74, 6) is -1.42. The summed E-state index contributed by atoms with van der Waals surface area (Å²) in [4.78, 5) is 23.3. The van der Waals surface area contributed by atoms with Gasteiger partial charge >= 0.3 is 0 Å². The van der Waals surface area contributed by atoms with Crippen molar-refractivity contribution in [2.45, 2.75) is 26.3 Å². The first-order valence-electron chi connectivity index (χ1n) is 8.46. The van der Waals surface area contributed by atoms with Crippen molar-refractivity contribution in [1.82, 2.24) is 0 Å². The number of carbonyl (C=O) groups is 1. The Labute approximate surface area is 172 Å². The fourth-order valence-electron chi connectivity index (χ4n) is 2.76. The smallest absolute Gasteiger partial charge is 0.271 e. The van der Waals surface area contributed by atoms with Crippen LogP contribution in [0.1, 0.15) is 18.9 Å². The summed E-state index contributed by atoms with van der Waals surface area (Å²) in [6, 6.07) is 6.10. The number of non-ortho nitro benzene ring substituents is 1. The minimum atomic E-state index is -3.94. The summed E-state index contributed by atoms with van der Waals surface area (Å²) >= 11 is 5.77. The molecule has 0 saturated carbocycles. The Bertz CT molecular complexity index is 1060. The maximum Gasteiger partial charge on any atom is 0.271 e. The van der Waals surface area contributed by atoms with Gasteiger partial charge in [0, 0.05) is 12.1 Å². The molecule has 0 saturated heterocycles. The zero-order valence-corrected chi connectivity index (χ0v) is 17.4. The molecule has 2 rings (SSSR count). The molecule has 0 spiro atoms. The number of hydrogen-bond donors (Lipinski definition) is 1. The van der Waals surface area contributed by atoms with Gasteiger partial charge in [0.1, 0.15) is 11.9 Å². The maximum absolute atomic E-state index is 13.5. The van der Waals surface area contributed by atoms with Gasteiger partial charge in [-0.3, -0.25) is 19.2 Å². The summed E-state index contributed by atoms with van der Waals surface area (Å²) in [6.45, 7) is 3.25. The largest absolute Gasteiger partial charge is 0.324 e. The molecule has 1 unspecified atom stereocenters. The topological polar surface area (TPSA) is 110 Å². The Morgan fingerprint density at radius 1 is 1.31 bits per heavy atom. The zero-order valence-electron chi connectivity index (χ0n) is 15.8. The molecule has 29 heavy (non-hydrogen) atoms. The van der Waals surface area contributed by atoms with Crippen LogP contribution in [0, 0.1) is 22.9 Å². The molecule has 11 heteroatoms. The Morgan fingerprint density at radius 2 is 1.97 bits per heavy atom. The highest BCUT2D eigenvalue weighted by molar-refractivity contribution is 7.92. The van der Waals surface area contributed by atoms with E-state index in [0.29, 0.717) is 5.56 Å². The minimum absolute atomic E-state index is 0.0247. The van der Waals surface area contributed by atoms with Crippen LogP contribution in [0.2, 0.25) is 5.02 Å². The highest BCUT2D eigenvalue weighted by Gasteiger charge is 2.32. The number of nitrogens with zero attached hydrogens (tertiary/aromatic N) is 2. The summed E-state index contributed by atoms with van der Waals surface area (Å²) in [5, 5.41) is 13.2. The van der Waals surface area contributed by atoms with Gasteiger partial charge in [-0.1, -0.05) is 24.6 Å². The van der Waals surface area contributed by atoms with Gasteiger partial charge in [-0.05, 0) is 37.1 Å². The number of aryl methyl sites for hydroxylation is 1. The number of benzene rings is 2. The van der Waals surface area contributed by atoms with E-state index in [1.807, 2.05) is 0 Å². The number of carbonyl (C=O) groups excluding carboxylic acids is 1. The third kappa shape index (κ3) is 5.21. The normalized spacial score (nSPS) is 12.3. The Balaban J connectivity index is 2.45. The molecule has 8 nitrogen and oxygen atoms in total. The molecular formula is C18H19ClFN3O5S. The number of hydrogen-bond acceptors (Lipinski definition) is 5. The first kappa shape index (κ1) is 22.6. The molecule has 2 aromatic rings. The lowest BCUT2D eigenvalue weighted by molar-refractivity contribution is -0.384. The van der Waals surface area contributed by atoms with Crippen LogP contribution in [0.5, 0.6) is 0 Å². The second-order valence-corrected chi connectivity index (χ2v) is 8.59. The van der Waals surface area contributed by atoms with Crippen molar-refractivity contribution in [2.75, 3.05) is 15.9 Å². The van der Waals surface area contributed by atoms with E-state index in [4.69, 9.17) is 11.6 Å². The lowest BCUT2D eigenvalue weighted by Gasteiger charge is -2.30. The molecule has 1 atom stereocenters. The molecule has 0 aliphatic heterocycles. The summed E-state index contributed by atoms with van der Waals surface area (Å²) in [7, 11) is -3.94.